The highest BCUT2D eigenvalue weighted by Gasteiger charge is 2.04. The number of hydrogen-bond acceptors (Lipinski definition) is 3. The SMILES string of the molecule is CNC(=O)CC(C)NCC#N. The summed E-state index contributed by atoms with van der Waals surface area (Å²) < 4.78 is 0. The van der Waals surface area contributed by atoms with Crippen molar-refractivity contribution >= 4 is 5.91 Å². The van der Waals surface area contributed by atoms with Crippen molar-refractivity contribution in [3.8, 4) is 6.07 Å². The monoisotopic (exact) mass is 155 g/mol. The molecule has 0 aliphatic rings. The number of carbonyl (C=O) groups is 1. The van der Waals surface area contributed by atoms with E-state index in [1.54, 1.807) is 7.05 Å². The van der Waals surface area contributed by atoms with Gasteiger partial charge in [-0.2, -0.15) is 5.26 Å². The average Bonchev–Trinajstić information content (AvgIpc) is 2.00. The Morgan fingerprint density at radius 3 is 2.82 bits per heavy atom. The average molecular weight is 155 g/mol. The van der Waals surface area contributed by atoms with E-state index in [4.69, 9.17) is 5.26 Å². The molecule has 0 aliphatic heterocycles. The van der Waals surface area contributed by atoms with E-state index in [1.165, 1.54) is 0 Å². The van der Waals surface area contributed by atoms with Gasteiger partial charge in [-0.05, 0) is 6.92 Å². The lowest BCUT2D eigenvalue weighted by Crippen LogP contribution is -2.32. The summed E-state index contributed by atoms with van der Waals surface area (Å²) in [6, 6.07) is 2.01. The third kappa shape index (κ3) is 5.37. The second kappa shape index (κ2) is 5.69. The Labute approximate surface area is 66.6 Å². The summed E-state index contributed by atoms with van der Waals surface area (Å²) in [5.74, 6) is -0.0112. The molecule has 0 fully saturated rings. The number of nitrogens with zero attached hydrogens (tertiary/aromatic N) is 1. The van der Waals surface area contributed by atoms with E-state index >= 15 is 0 Å². The zero-order valence-electron chi connectivity index (χ0n) is 6.85. The number of nitrogens with one attached hydrogen (secondary N) is 2. The fraction of sp³-hybridized carbons (Fsp3) is 0.714. The fourth-order valence-corrected chi connectivity index (χ4v) is 0.672. The van der Waals surface area contributed by atoms with Crippen LogP contribution in [0.1, 0.15) is 13.3 Å². The number of carbonyl (C=O) groups excluding carboxylic acids is 1. The Bertz CT molecular complexity index is 162. The molecule has 0 aromatic carbocycles. The Hall–Kier alpha value is -1.08. The van der Waals surface area contributed by atoms with Crippen molar-refractivity contribution in [1.29, 1.82) is 5.26 Å². The first-order chi connectivity index (χ1) is 5.20. The molecule has 0 aliphatic carbocycles. The summed E-state index contributed by atoms with van der Waals surface area (Å²) in [6.07, 6.45) is 0.415. The van der Waals surface area contributed by atoms with Crippen LogP contribution in [0.3, 0.4) is 0 Å². The number of hydrogen-bond donors (Lipinski definition) is 2. The van der Waals surface area contributed by atoms with Crippen LogP contribution in [-0.2, 0) is 4.79 Å². The molecular weight excluding hydrogens is 142 g/mol. The van der Waals surface area contributed by atoms with Gasteiger partial charge in [0.05, 0.1) is 12.6 Å². The van der Waals surface area contributed by atoms with E-state index in [-0.39, 0.29) is 18.5 Å². The predicted molar refractivity (Wildman–Crippen MR) is 41.8 cm³/mol. The molecule has 1 unspecified atom stereocenters. The molecule has 2 N–H and O–H groups in total. The molecule has 0 rings (SSSR count). The van der Waals surface area contributed by atoms with E-state index in [9.17, 15) is 4.79 Å². The summed E-state index contributed by atoms with van der Waals surface area (Å²) in [7, 11) is 1.60. The molecule has 0 spiro atoms. The Morgan fingerprint density at radius 1 is 1.73 bits per heavy atom. The van der Waals surface area contributed by atoms with Gasteiger partial charge in [0, 0.05) is 19.5 Å². The van der Waals surface area contributed by atoms with Crippen molar-refractivity contribution in [3.05, 3.63) is 0 Å². The second-order valence-electron chi connectivity index (χ2n) is 2.32. The first-order valence-corrected chi connectivity index (χ1v) is 3.51. The fourth-order valence-electron chi connectivity index (χ4n) is 0.672. The van der Waals surface area contributed by atoms with Gasteiger partial charge < -0.3 is 10.6 Å². The highest BCUT2D eigenvalue weighted by molar-refractivity contribution is 5.76. The van der Waals surface area contributed by atoms with E-state index in [1.807, 2.05) is 13.0 Å². The lowest BCUT2D eigenvalue weighted by atomic mass is 10.2. The van der Waals surface area contributed by atoms with Gasteiger partial charge in [-0.15, -0.1) is 0 Å². The normalized spacial score (nSPS) is 11.7. The molecule has 4 nitrogen and oxygen atoms in total. The third-order valence-electron chi connectivity index (χ3n) is 1.30. The molecule has 1 atom stereocenters. The van der Waals surface area contributed by atoms with Crippen molar-refractivity contribution in [2.75, 3.05) is 13.6 Å². The van der Waals surface area contributed by atoms with Gasteiger partial charge in [0.15, 0.2) is 0 Å². The minimum absolute atomic E-state index is 0.0112. The van der Waals surface area contributed by atoms with Gasteiger partial charge in [-0.3, -0.25) is 4.79 Å². The smallest absolute Gasteiger partial charge is 0.221 e. The predicted octanol–water partition coefficient (Wildman–Crippen LogP) is -0.376. The molecule has 0 aromatic heterocycles. The second-order valence-corrected chi connectivity index (χ2v) is 2.32. The molecule has 62 valence electrons. The van der Waals surface area contributed by atoms with Crippen molar-refractivity contribution in [1.82, 2.24) is 10.6 Å². The topological polar surface area (TPSA) is 64.9 Å². The molecule has 0 radical (unpaired) electrons. The highest BCUT2D eigenvalue weighted by atomic mass is 16.1. The lowest BCUT2D eigenvalue weighted by molar-refractivity contribution is -0.121. The molecule has 0 aromatic rings. The van der Waals surface area contributed by atoms with Gasteiger partial charge in [-0.1, -0.05) is 0 Å². The largest absolute Gasteiger partial charge is 0.359 e. The summed E-state index contributed by atoms with van der Waals surface area (Å²) >= 11 is 0. The van der Waals surface area contributed by atoms with Crippen LogP contribution in [0.25, 0.3) is 0 Å². The standard InChI is InChI=1S/C7H13N3O/c1-6(10-4-3-8)5-7(11)9-2/h6,10H,4-5H2,1-2H3,(H,9,11). The third-order valence-corrected chi connectivity index (χ3v) is 1.30. The van der Waals surface area contributed by atoms with Crippen LogP contribution in [0.15, 0.2) is 0 Å². The van der Waals surface area contributed by atoms with Crippen LogP contribution < -0.4 is 10.6 Å². The lowest BCUT2D eigenvalue weighted by Gasteiger charge is -2.08. The van der Waals surface area contributed by atoms with Crippen molar-refractivity contribution in [2.45, 2.75) is 19.4 Å². The molecule has 1 amide bonds. The summed E-state index contributed by atoms with van der Waals surface area (Å²) in [4.78, 5) is 10.8. The number of nitriles is 1. The first-order valence-electron chi connectivity index (χ1n) is 3.51. The summed E-state index contributed by atoms with van der Waals surface area (Å²) in [5.41, 5.74) is 0. The Kier molecular flexibility index (Phi) is 5.13. The Balaban J connectivity index is 3.45. The molecule has 0 saturated heterocycles. The minimum atomic E-state index is -0.0112. The van der Waals surface area contributed by atoms with Crippen molar-refractivity contribution in [3.63, 3.8) is 0 Å². The molecule has 0 heterocycles. The summed E-state index contributed by atoms with van der Waals surface area (Å²) in [5, 5.41) is 13.6. The first kappa shape index (κ1) is 9.92. The van der Waals surface area contributed by atoms with Crippen molar-refractivity contribution in [2.24, 2.45) is 0 Å². The van der Waals surface area contributed by atoms with Crippen LogP contribution in [-0.4, -0.2) is 25.5 Å². The van der Waals surface area contributed by atoms with Gasteiger partial charge in [0.1, 0.15) is 0 Å². The van der Waals surface area contributed by atoms with Gasteiger partial charge >= 0.3 is 0 Å². The number of amides is 1. The molecule has 11 heavy (non-hydrogen) atoms. The molecular formula is C7H13N3O. The maximum Gasteiger partial charge on any atom is 0.221 e. The van der Waals surface area contributed by atoms with Crippen LogP contribution in [0.2, 0.25) is 0 Å². The quantitative estimate of drug-likeness (QED) is 0.544. The maximum atomic E-state index is 10.8. The van der Waals surface area contributed by atoms with Crippen LogP contribution in [0.4, 0.5) is 0 Å². The van der Waals surface area contributed by atoms with Gasteiger partial charge in [-0.25, -0.2) is 0 Å². The van der Waals surface area contributed by atoms with Crippen molar-refractivity contribution < 1.29 is 4.79 Å². The van der Waals surface area contributed by atoms with Crippen LogP contribution in [0.5, 0.6) is 0 Å². The van der Waals surface area contributed by atoms with E-state index in [0.29, 0.717) is 6.42 Å². The summed E-state index contributed by atoms with van der Waals surface area (Å²) in [6.45, 7) is 2.16. The maximum absolute atomic E-state index is 10.8. The van der Waals surface area contributed by atoms with Crippen LogP contribution >= 0.6 is 0 Å². The van der Waals surface area contributed by atoms with Gasteiger partial charge in [0.2, 0.25) is 5.91 Å². The Morgan fingerprint density at radius 2 is 2.36 bits per heavy atom. The van der Waals surface area contributed by atoms with E-state index in [2.05, 4.69) is 10.6 Å². The van der Waals surface area contributed by atoms with Gasteiger partial charge in [0.25, 0.3) is 0 Å². The molecule has 0 bridgehead atoms. The zero-order chi connectivity index (χ0) is 8.69. The number of rotatable bonds is 4. The van der Waals surface area contributed by atoms with E-state index in [0.717, 1.165) is 0 Å². The highest BCUT2D eigenvalue weighted by Crippen LogP contribution is 1.88. The molecule has 0 saturated carbocycles. The van der Waals surface area contributed by atoms with Crippen LogP contribution in [0, 0.1) is 11.3 Å². The minimum Gasteiger partial charge on any atom is -0.359 e. The molecule has 4 heteroatoms. The van der Waals surface area contributed by atoms with E-state index < -0.39 is 0 Å². The zero-order valence-corrected chi connectivity index (χ0v) is 6.85.